The van der Waals surface area contributed by atoms with E-state index in [1.165, 1.54) is 0 Å². The second-order valence-corrected chi connectivity index (χ2v) is 6.41. The van der Waals surface area contributed by atoms with Crippen LogP contribution < -0.4 is 4.90 Å². The average molecular weight is 329 g/mol. The van der Waals surface area contributed by atoms with E-state index in [1.54, 1.807) is 12.4 Å². The Hall–Kier alpha value is -2.89. The SMILES string of the molecule is N#Cc1nccnc1N1CCN2[C@@H](CC[C@@H]2C#Cc2ccccc2)C1. The first-order chi connectivity index (χ1) is 12.3. The van der Waals surface area contributed by atoms with Crippen LogP contribution in [-0.2, 0) is 0 Å². The molecule has 2 aliphatic rings. The Bertz CT molecular complexity index is 846. The van der Waals surface area contributed by atoms with Crippen LogP contribution in [0.25, 0.3) is 0 Å². The van der Waals surface area contributed by atoms with Crippen LogP contribution >= 0.6 is 0 Å². The molecule has 2 atom stereocenters. The Balaban J connectivity index is 1.47. The van der Waals surface area contributed by atoms with Gasteiger partial charge < -0.3 is 4.90 Å². The van der Waals surface area contributed by atoms with E-state index < -0.39 is 0 Å². The highest BCUT2D eigenvalue weighted by atomic mass is 15.3. The molecule has 0 unspecified atom stereocenters. The van der Waals surface area contributed by atoms with Gasteiger partial charge in [0.15, 0.2) is 11.5 Å². The summed E-state index contributed by atoms with van der Waals surface area (Å²) in [5, 5.41) is 9.25. The maximum Gasteiger partial charge on any atom is 0.183 e. The molecule has 1 aromatic carbocycles. The van der Waals surface area contributed by atoms with Crippen molar-refractivity contribution in [2.75, 3.05) is 24.5 Å². The normalized spacial score (nSPS) is 22.6. The summed E-state index contributed by atoms with van der Waals surface area (Å²) in [5.74, 6) is 7.47. The summed E-state index contributed by atoms with van der Waals surface area (Å²) in [6.07, 6.45) is 5.46. The standard InChI is InChI=1S/C20H19N5/c21-14-19-20(23-11-10-22-19)24-12-13-25-17(8-9-18(25)15-24)7-6-16-4-2-1-3-5-16/h1-5,10-11,17-18H,8-9,12-13,15H2/t17-,18-/m0/s1. The molecule has 124 valence electrons. The molecule has 5 nitrogen and oxygen atoms in total. The van der Waals surface area contributed by atoms with Crippen molar-refractivity contribution >= 4 is 5.82 Å². The Kier molecular flexibility index (Phi) is 4.33. The number of aromatic nitrogens is 2. The van der Waals surface area contributed by atoms with E-state index in [1.807, 2.05) is 18.2 Å². The topological polar surface area (TPSA) is 56.1 Å². The smallest absolute Gasteiger partial charge is 0.183 e. The maximum absolute atomic E-state index is 9.25. The molecule has 0 saturated carbocycles. The second kappa shape index (κ2) is 6.93. The first-order valence-electron chi connectivity index (χ1n) is 8.63. The Morgan fingerprint density at radius 3 is 2.72 bits per heavy atom. The van der Waals surface area contributed by atoms with Crippen LogP contribution in [0, 0.1) is 23.2 Å². The van der Waals surface area contributed by atoms with Crippen molar-refractivity contribution in [3.8, 4) is 17.9 Å². The molecule has 2 aromatic rings. The van der Waals surface area contributed by atoms with Crippen molar-refractivity contribution in [1.29, 1.82) is 5.26 Å². The molecule has 0 aliphatic carbocycles. The third kappa shape index (κ3) is 3.20. The zero-order chi connectivity index (χ0) is 17.1. The lowest BCUT2D eigenvalue weighted by Crippen LogP contribution is -2.52. The lowest BCUT2D eigenvalue weighted by molar-refractivity contribution is 0.202. The highest BCUT2D eigenvalue weighted by molar-refractivity contribution is 5.50. The summed E-state index contributed by atoms with van der Waals surface area (Å²) in [4.78, 5) is 13.2. The van der Waals surface area contributed by atoms with E-state index in [9.17, 15) is 5.26 Å². The van der Waals surface area contributed by atoms with Gasteiger partial charge in [-0.1, -0.05) is 30.0 Å². The van der Waals surface area contributed by atoms with E-state index >= 15 is 0 Å². The van der Waals surface area contributed by atoms with Gasteiger partial charge in [0.25, 0.3) is 0 Å². The van der Waals surface area contributed by atoms with Crippen LogP contribution in [0.1, 0.15) is 24.1 Å². The van der Waals surface area contributed by atoms with Crippen LogP contribution in [0.4, 0.5) is 5.82 Å². The van der Waals surface area contributed by atoms with Gasteiger partial charge in [0.05, 0.1) is 6.04 Å². The van der Waals surface area contributed by atoms with E-state index in [0.717, 1.165) is 38.0 Å². The molecule has 2 saturated heterocycles. The van der Waals surface area contributed by atoms with Gasteiger partial charge in [-0.25, -0.2) is 9.97 Å². The fourth-order valence-corrected chi connectivity index (χ4v) is 3.73. The number of anilines is 1. The van der Waals surface area contributed by atoms with Crippen molar-refractivity contribution < 1.29 is 0 Å². The summed E-state index contributed by atoms with van der Waals surface area (Å²) < 4.78 is 0. The summed E-state index contributed by atoms with van der Waals surface area (Å²) in [7, 11) is 0. The quantitative estimate of drug-likeness (QED) is 0.750. The number of benzene rings is 1. The molecule has 0 N–H and O–H groups in total. The number of hydrogen-bond acceptors (Lipinski definition) is 5. The van der Waals surface area contributed by atoms with Gasteiger partial charge in [-0.05, 0) is 25.0 Å². The molecule has 2 aliphatic heterocycles. The summed E-state index contributed by atoms with van der Waals surface area (Å²) in [5.41, 5.74) is 1.48. The van der Waals surface area contributed by atoms with E-state index in [0.29, 0.717) is 23.6 Å². The van der Waals surface area contributed by atoms with Gasteiger partial charge in [0, 0.05) is 43.6 Å². The van der Waals surface area contributed by atoms with Gasteiger partial charge in [-0.3, -0.25) is 4.90 Å². The Morgan fingerprint density at radius 2 is 1.88 bits per heavy atom. The molecule has 5 heteroatoms. The highest BCUT2D eigenvalue weighted by Gasteiger charge is 2.37. The Labute approximate surface area is 147 Å². The third-order valence-electron chi connectivity index (χ3n) is 4.94. The minimum atomic E-state index is 0.324. The Morgan fingerprint density at radius 1 is 1.04 bits per heavy atom. The minimum absolute atomic E-state index is 0.324. The molecular weight excluding hydrogens is 310 g/mol. The van der Waals surface area contributed by atoms with Crippen molar-refractivity contribution in [2.45, 2.75) is 24.9 Å². The summed E-state index contributed by atoms with van der Waals surface area (Å²) >= 11 is 0. The maximum atomic E-state index is 9.25. The molecular formula is C20H19N5. The van der Waals surface area contributed by atoms with E-state index in [-0.39, 0.29) is 0 Å². The molecule has 4 rings (SSSR count). The highest BCUT2D eigenvalue weighted by Crippen LogP contribution is 2.29. The van der Waals surface area contributed by atoms with Crippen LogP contribution in [0.2, 0.25) is 0 Å². The number of nitriles is 1. The number of hydrogen-bond donors (Lipinski definition) is 0. The predicted octanol–water partition coefficient (Wildman–Crippen LogP) is 2.05. The zero-order valence-corrected chi connectivity index (χ0v) is 14.0. The van der Waals surface area contributed by atoms with Crippen LogP contribution in [0.5, 0.6) is 0 Å². The van der Waals surface area contributed by atoms with Gasteiger partial charge >= 0.3 is 0 Å². The molecule has 0 amide bonds. The summed E-state index contributed by atoms with van der Waals surface area (Å²) in [6, 6.07) is 13.1. The minimum Gasteiger partial charge on any atom is -0.351 e. The first kappa shape index (κ1) is 15.6. The van der Waals surface area contributed by atoms with Crippen molar-refractivity contribution in [1.82, 2.24) is 14.9 Å². The van der Waals surface area contributed by atoms with Crippen LogP contribution in [0.3, 0.4) is 0 Å². The molecule has 25 heavy (non-hydrogen) atoms. The van der Waals surface area contributed by atoms with Crippen LogP contribution in [0.15, 0.2) is 42.7 Å². The average Bonchev–Trinajstić information content (AvgIpc) is 3.09. The van der Waals surface area contributed by atoms with Crippen molar-refractivity contribution in [2.24, 2.45) is 0 Å². The van der Waals surface area contributed by atoms with Gasteiger partial charge in [0.1, 0.15) is 6.07 Å². The van der Waals surface area contributed by atoms with Crippen molar-refractivity contribution in [3.63, 3.8) is 0 Å². The third-order valence-corrected chi connectivity index (χ3v) is 4.94. The number of fused-ring (bicyclic) bond motifs is 1. The van der Waals surface area contributed by atoms with Crippen molar-refractivity contribution in [3.05, 3.63) is 54.0 Å². The molecule has 0 spiro atoms. The van der Waals surface area contributed by atoms with Gasteiger partial charge in [-0.2, -0.15) is 5.26 Å². The van der Waals surface area contributed by atoms with Gasteiger partial charge in [-0.15, -0.1) is 0 Å². The van der Waals surface area contributed by atoms with E-state index in [2.05, 4.69) is 49.8 Å². The summed E-state index contributed by atoms with van der Waals surface area (Å²) in [6.45, 7) is 2.69. The number of nitrogens with zero attached hydrogens (tertiary/aromatic N) is 5. The monoisotopic (exact) mass is 329 g/mol. The van der Waals surface area contributed by atoms with E-state index in [4.69, 9.17) is 0 Å². The lowest BCUT2D eigenvalue weighted by Gasteiger charge is -2.39. The number of piperazine rings is 1. The molecule has 2 fully saturated rings. The fraction of sp³-hybridized carbons (Fsp3) is 0.350. The second-order valence-electron chi connectivity index (χ2n) is 6.41. The molecule has 1 aromatic heterocycles. The first-order valence-corrected chi connectivity index (χ1v) is 8.63. The largest absolute Gasteiger partial charge is 0.351 e. The van der Waals surface area contributed by atoms with Gasteiger partial charge in [0.2, 0.25) is 0 Å². The predicted molar refractivity (Wildman–Crippen MR) is 95.8 cm³/mol. The fourth-order valence-electron chi connectivity index (χ4n) is 3.73. The van der Waals surface area contributed by atoms with Crippen LogP contribution in [-0.4, -0.2) is 46.6 Å². The zero-order valence-electron chi connectivity index (χ0n) is 14.0. The lowest BCUT2D eigenvalue weighted by atomic mass is 10.1. The molecule has 0 bridgehead atoms. The number of rotatable bonds is 1. The molecule has 3 heterocycles. The molecule has 0 radical (unpaired) electrons.